The third kappa shape index (κ3) is 7.84. The van der Waals surface area contributed by atoms with Crippen molar-refractivity contribution in [1.82, 2.24) is 4.72 Å². The van der Waals surface area contributed by atoms with E-state index in [9.17, 15) is 9.00 Å². The van der Waals surface area contributed by atoms with E-state index in [1.54, 1.807) is 11.8 Å². The number of aryl methyl sites for hydroxylation is 1. The highest BCUT2D eigenvalue weighted by molar-refractivity contribution is 7.99. The Hall–Kier alpha value is -2.41. The number of rotatable bonds is 9. The van der Waals surface area contributed by atoms with E-state index in [2.05, 4.69) is 4.72 Å². The minimum Gasteiger partial charge on any atom is -0.460 e. The van der Waals surface area contributed by atoms with Crippen LogP contribution >= 0.6 is 11.8 Å². The van der Waals surface area contributed by atoms with Crippen LogP contribution in [0.3, 0.4) is 0 Å². The van der Waals surface area contributed by atoms with Crippen LogP contribution in [-0.4, -0.2) is 21.5 Å². The van der Waals surface area contributed by atoms with E-state index in [0.717, 1.165) is 16.0 Å². The van der Waals surface area contributed by atoms with Crippen LogP contribution in [0.4, 0.5) is 0 Å². The number of carbonyl (C=O) groups is 1. The number of hydrogen-bond donors (Lipinski definition) is 1. The molecule has 6 heteroatoms. The number of nitrogens with one attached hydrogen (secondary N) is 1. The van der Waals surface area contributed by atoms with E-state index in [1.807, 2.05) is 113 Å². The highest BCUT2D eigenvalue weighted by Crippen LogP contribution is 2.32. The summed E-state index contributed by atoms with van der Waals surface area (Å²) in [7, 11) is -1.50. The Balaban J connectivity index is 1.93. The van der Waals surface area contributed by atoms with E-state index in [-0.39, 0.29) is 5.97 Å². The molecule has 0 aliphatic heterocycles. The molecule has 0 radical (unpaired) electrons. The maximum absolute atomic E-state index is 13.4. The predicted molar refractivity (Wildman–Crippen MR) is 136 cm³/mol. The number of esters is 1. The van der Waals surface area contributed by atoms with Gasteiger partial charge in [-0.1, -0.05) is 66.2 Å². The minimum atomic E-state index is -1.50. The largest absolute Gasteiger partial charge is 0.460 e. The van der Waals surface area contributed by atoms with Crippen molar-refractivity contribution in [2.75, 3.05) is 5.75 Å². The molecule has 0 bridgehead atoms. The van der Waals surface area contributed by atoms with Crippen LogP contribution in [0.5, 0.6) is 0 Å². The minimum absolute atomic E-state index is 0.312. The number of hydrogen-bond acceptors (Lipinski definition) is 4. The zero-order valence-corrected chi connectivity index (χ0v) is 21.1. The van der Waals surface area contributed by atoms with Gasteiger partial charge in [-0.2, -0.15) is 0 Å². The molecule has 1 N–H and O–H groups in total. The lowest BCUT2D eigenvalue weighted by Crippen LogP contribution is -2.39. The van der Waals surface area contributed by atoms with Crippen LogP contribution < -0.4 is 4.72 Å². The molecule has 3 rings (SSSR count). The van der Waals surface area contributed by atoms with Crippen molar-refractivity contribution in [2.45, 2.75) is 49.1 Å². The van der Waals surface area contributed by atoms with Gasteiger partial charge in [0, 0.05) is 10.6 Å². The summed E-state index contributed by atoms with van der Waals surface area (Å²) in [4.78, 5) is 15.1. The fraction of sp³-hybridized carbons (Fsp3) is 0.296. The van der Waals surface area contributed by atoms with Crippen LogP contribution in [0.15, 0.2) is 94.7 Å². The summed E-state index contributed by atoms with van der Waals surface area (Å²) in [5.74, 6) is -0.379. The first-order valence-electron chi connectivity index (χ1n) is 10.9. The smallest absolute Gasteiger partial charge is 0.312 e. The molecule has 0 spiro atoms. The van der Waals surface area contributed by atoms with Crippen molar-refractivity contribution in [2.24, 2.45) is 5.92 Å². The third-order valence-corrected chi connectivity index (χ3v) is 7.21. The molecule has 0 saturated carbocycles. The molecule has 0 aromatic heterocycles. The van der Waals surface area contributed by atoms with Crippen LogP contribution in [0, 0.1) is 12.8 Å². The van der Waals surface area contributed by atoms with Gasteiger partial charge >= 0.3 is 5.97 Å². The summed E-state index contributed by atoms with van der Waals surface area (Å²) in [6.07, 6.45) is 0. The van der Waals surface area contributed by atoms with Crippen molar-refractivity contribution < 1.29 is 13.7 Å². The van der Waals surface area contributed by atoms with Gasteiger partial charge in [-0.15, -0.1) is 11.8 Å². The Morgan fingerprint density at radius 1 is 0.939 bits per heavy atom. The molecule has 0 aliphatic rings. The molecule has 174 valence electrons. The van der Waals surface area contributed by atoms with Crippen LogP contribution in [-0.2, 0) is 20.5 Å². The van der Waals surface area contributed by atoms with Gasteiger partial charge in [-0.3, -0.25) is 4.79 Å². The fourth-order valence-electron chi connectivity index (χ4n) is 3.27. The van der Waals surface area contributed by atoms with Crippen molar-refractivity contribution >= 4 is 28.7 Å². The van der Waals surface area contributed by atoms with Crippen molar-refractivity contribution in [1.29, 1.82) is 0 Å². The molecular weight excluding hydrogens is 450 g/mol. The zero-order chi connectivity index (χ0) is 23.8. The molecular formula is C27H31NO3S2. The molecule has 3 aromatic rings. The van der Waals surface area contributed by atoms with Crippen molar-refractivity contribution in [3.8, 4) is 0 Å². The average Bonchev–Trinajstić information content (AvgIpc) is 2.79. The van der Waals surface area contributed by atoms with Gasteiger partial charge in [-0.05, 0) is 57.5 Å². The molecule has 0 fully saturated rings. The van der Waals surface area contributed by atoms with E-state index in [0.29, 0.717) is 10.6 Å². The van der Waals surface area contributed by atoms with E-state index in [4.69, 9.17) is 4.74 Å². The molecule has 4 nitrogen and oxygen atoms in total. The lowest BCUT2D eigenvalue weighted by molar-refractivity contribution is -0.160. The Kier molecular flexibility index (Phi) is 8.89. The lowest BCUT2D eigenvalue weighted by atomic mass is 9.95. The highest BCUT2D eigenvalue weighted by Gasteiger charge is 2.34. The second-order valence-corrected chi connectivity index (χ2v) is 11.2. The van der Waals surface area contributed by atoms with Crippen LogP contribution in [0.2, 0.25) is 0 Å². The summed E-state index contributed by atoms with van der Waals surface area (Å²) in [6, 6.07) is 26.7. The summed E-state index contributed by atoms with van der Waals surface area (Å²) in [6.45, 7) is 7.58. The molecule has 0 saturated heterocycles. The first-order chi connectivity index (χ1) is 15.7. The predicted octanol–water partition coefficient (Wildman–Crippen LogP) is 6.10. The molecule has 0 amide bonds. The third-order valence-electron chi connectivity index (χ3n) is 4.91. The van der Waals surface area contributed by atoms with E-state index >= 15 is 0 Å². The molecule has 0 heterocycles. The summed E-state index contributed by atoms with van der Waals surface area (Å²) >= 11 is 1.59. The van der Waals surface area contributed by atoms with Gasteiger partial charge in [0.2, 0.25) is 0 Å². The SMILES string of the molecule is Cc1ccc([S@](=O)N[C@@H](c2ccccc2)[C@@H](CSc2ccccc2)C(=O)OC(C)(C)C)cc1. The molecule has 33 heavy (non-hydrogen) atoms. The normalized spacial score (nSPS) is 14.3. The first kappa shape index (κ1) is 25.2. The monoisotopic (exact) mass is 481 g/mol. The second kappa shape index (κ2) is 11.6. The van der Waals surface area contributed by atoms with Gasteiger partial charge in [-0.25, -0.2) is 8.93 Å². The highest BCUT2D eigenvalue weighted by atomic mass is 32.2. The number of ether oxygens (including phenoxy) is 1. The Morgan fingerprint density at radius 2 is 1.52 bits per heavy atom. The van der Waals surface area contributed by atoms with Gasteiger partial charge in [0.15, 0.2) is 0 Å². The Bertz CT molecular complexity index is 1050. The lowest BCUT2D eigenvalue weighted by Gasteiger charge is -2.30. The van der Waals surface area contributed by atoms with Gasteiger partial charge in [0.1, 0.15) is 16.6 Å². The number of benzene rings is 3. The maximum atomic E-state index is 13.4. The fourth-order valence-corrected chi connectivity index (χ4v) is 5.37. The van der Waals surface area contributed by atoms with Crippen molar-refractivity contribution in [3.63, 3.8) is 0 Å². The second-order valence-electron chi connectivity index (χ2n) is 8.85. The molecule has 3 aromatic carbocycles. The summed E-state index contributed by atoms with van der Waals surface area (Å²) < 4.78 is 22.3. The van der Waals surface area contributed by atoms with Crippen LogP contribution in [0.1, 0.15) is 37.9 Å². The quantitative estimate of drug-likeness (QED) is 0.296. The average molecular weight is 482 g/mol. The number of carbonyl (C=O) groups excluding carboxylic acids is 1. The Morgan fingerprint density at radius 3 is 2.09 bits per heavy atom. The zero-order valence-electron chi connectivity index (χ0n) is 19.5. The van der Waals surface area contributed by atoms with E-state index in [1.165, 1.54) is 0 Å². The van der Waals surface area contributed by atoms with E-state index < -0.39 is 28.5 Å². The van der Waals surface area contributed by atoms with Crippen LogP contribution in [0.25, 0.3) is 0 Å². The molecule has 3 atom stereocenters. The topological polar surface area (TPSA) is 55.4 Å². The summed E-state index contributed by atoms with van der Waals surface area (Å²) in [5, 5.41) is 0. The Labute approximate surface area is 203 Å². The standard InChI is InChI=1S/C27H31NO3S2/c1-20-15-17-23(18-16-20)33(30)28-25(21-11-7-5-8-12-21)24(26(29)31-27(2,3)4)19-32-22-13-9-6-10-14-22/h5-18,24-25,28H,19H2,1-4H3/t24-,25+,33+/m1/s1. The molecule has 0 unspecified atom stereocenters. The maximum Gasteiger partial charge on any atom is 0.312 e. The number of thioether (sulfide) groups is 1. The van der Waals surface area contributed by atoms with Gasteiger partial charge in [0.25, 0.3) is 0 Å². The van der Waals surface area contributed by atoms with Crippen molar-refractivity contribution in [3.05, 3.63) is 96.1 Å². The van der Waals surface area contributed by atoms with Gasteiger partial charge in [0.05, 0.1) is 16.9 Å². The first-order valence-corrected chi connectivity index (χ1v) is 13.1. The molecule has 0 aliphatic carbocycles. The summed E-state index contributed by atoms with van der Waals surface area (Å²) in [5.41, 5.74) is 1.37. The van der Waals surface area contributed by atoms with Gasteiger partial charge < -0.3 is 4.74 Å².